The van der Waals surface area contributed by atoms with E-state index in [1.165, 1.54) is 0 Å². The maximum Gasteiger partial charge on any atom is 0.332 e. The lowest BCUT2D eigenvalue weighted by Gasteiger charge is -2.30. The molecule has 68 valence electrons. The van der Waals surface area contributed by atoms with Crippen LogP contribution < -0.4 is 11.2 Å². The highest BCUT2D eigenvalue weighted by Crippen LogP contribution is 2.30. The van der Waals surface area contributed by atoms with Crippen LogP contribution in [0, 0.1) is 11.8 Å². The van der Waals surface area contributed by atoms with Gasteiger partial charge in [-0.05, 0) is 24.7 Å². The number of nitrogens with zero attached hydrogens (tertiary/aromatic N) is 1. The minimum atomic E-state index is -0.588. The summed E-state index contributed by atoms with van der Waals surface area (Å²) in [6.45, 7) is 4.39. The first-order valence-electron chi connectivity index (χ1n) is 4.20. The molecule has 1 aliphatic rings. The number of nitrogens with one attached hydrogen (secondary N) is 1. The van der Waals surface area contributed by atoms with Crippen LogP contribution in [-0.2, 0) is 0 Å². The highest BCUT2D eigenvalue weighted by molar-refractivity contribution is 5.91. The second-order valence-electron chi connectivity index (χ2n) is 3.57. The van der Waals surface area contributed by atoms with Gasteiger partial charge in [0.25, 0.3) is 0 Å². The Labute approximate surface area is 72.2 Å². The molecule has 0 bridgehead atoms. The topological polar surface area (TPSA) is 67.5 Å². The molecular formula is C8H15N3O. The summed E-state index contributed by atoms with van der Waals surface area (Å²) in [7, 11) is 0. The van der Waals surface area contributed by atoms with Gasteiger partial charge in [-0.15, -0.1) is 0 Å². The zero-order valence-corrected chi connectivity index (χ0v) is 7.50. The molecule has 1 aliphatic carbocycles. The van der Waals surface area contributed by atoms with Crippen molar-refractivity contribution in [1.29, 1.82) is 0 Å². The van der Waals surface area contributed by atoms with Crippen molar-refractivity contribution >= 4 is 11.7 Å². The molecule has 0 aromatic rings. The van der Waals surface area contributed by atoms with Gasteiger partial charge < -0.3 is 5.73 Å². The molecule has 0 heterocycles. The summed E-state index contributed by atoms with van der Waals surface area (Å²) in [6.07, 6.45) is 2.00. The minimum absolute atomic E-state index is 0.588. The van der Waals surface area contributed by atoms with Gasteiger partial charge in [0.05, 0.1) is 0 Å². The molecule has 1 rings (SSSR count). The molecule has 1 saturated carbocycles. The van der Waals surface area contributed by atoms with Gasteiger partial charge in [-0.1, -0.05) is 13.8 Å². The van der Waals surface area contributed by atoms with Gasteiger partial charge in [-0.3, -0.25) is 0 Å². The lowest BCUT2D eigenvalue weighted by atomic mass is 9.76. The summed E-state index contributed by atoms with van der Waals surface area (Å²) in [5.41, 5.74) is 8.14. The Kier molecular flexibility index (Phi) is 2.68. The van der Waals surface area contributed by atoms with Gasteiger partial charge in [0, 0.05) is 5.71 Å². The number of hydrogen-bond acceptors (Lipinski definition) is 2. The van der Waals surface area contributed by atoms with Crippen LogP contribution in [0.5, 0.6) is 0 Å². The molecule has 2 amide bonds. The van der Waals surface area contributed by atoms with Gasteiger partial charge in [-0.25, -0.2) is 10.2 Å². The van der Waals surface area contributed by atoms with E-state index in [9.17, 15) is 4.79 Å². The Hall–Kier alpha value is -1.06. The van der Waals surface area contributed by atoms with Crippen LogP contribution in [0.15, 0.2) is 5.10 Å². The number of rotatable bonds is 2. The van der Waals surface area contributed by atoms with Crippen molar-refractivity contribution in [2.45, 2.75) is 26.7 Å². The minimum Gasteiger partial charge on any atom is -0.350 e. The SMILES string of the molecule is CC(C)C1CC(=NNC(N)=O)C1. The fourth-order valence-corrected chi connectivity index (χ4v) is 1.24. The quantitative estimate of drug-likeness (QED) is 0.597. The summed E-state index contributed by atoms with van der Waals surface area (Å²) in [6, 6.07) is -0.588. The van der Waals surface area contributed by atoms with Crippen LogP contribution in [0.2, 0.25) is 0 Å². The molecule has 0 saturated heterocycles. The fraction of sp³-hybridized carbons (Fsp3) is 0.750. The molecule has 0 atom stereocenters. The van der Waals surface area contributed by atoms with E-state index >= 15 is 0 Å². The smallest absolute Gasteiger partial charge is 0.332 e. The highest BCUT2D eigenvalue weighted by atomic mass is 16.2. The van der Waals surface area contributed by atoms with Crippen LogP contribution in [0.25, 0.3) is 0 Å². The third-order valence-corrected chi connectivity index (χ3v) is 2.26. The number of carbonyl (C=O) groups is 1. The summed E-state index contributed by atoms with van der Waals surface area (Å²) in [5, 5.41) is 3.85. The number of nitrogens with two attached hydrogens (primary N) is 1. The van der Waals surface area contributed by atoms with E-state index in [1.807, 2.05) is 0 Å². The number of hydrogen-bond donors (Lipinski definition) is 2. The molecule has 3 N–H and O–H groups in total. The number of carbonyl (C=O) groups excluding carboxylic acids is 1. The molecule has 0 radical (unpaired) electrons. The zero-order chi connectivity index (χ0) is 9.14. The average molecular weight is 169 g/mol. The maximum atomic E-state index is 10.3. The standard InChI is InChI=1S/C8H15N3O/c1-5(2)6-3-7(4-6)10-11-8(9)12/h5-6H,3-4H2,1-2H3,(H3,9,11,12). The van der Waals surface area contributed by atoms with E-state index < -0.39 is 6.03 Å². The van der Waals surface area contributed by atoms with Crippen molar-refractivity contribution in [3.05, 3.63) is 0 Å². The lowest BCUT2D eigenvalue weighted by molar-refractivity contribution is 0.249. The van der Waals surface area contributed by atoms with Crippen molar-refractivity contribution in [1.82, 2.24) is 5.43 Å². The second-order valence-corrected chi connectivity index (χ2v) is 3.57. The second kappa shape index (κ2) is 3.56. The molecule has 4 nitrogen and oxygen atoms in total. The van der Waals surface area contributed by atoms with Crippen LogP contribution in [0.3, 0.4) is 0 Å². The van der Waals surface area contributed by atoms with E-state index in [0.717, 1.165) is 24.5 Å². The molecule has 1 fully saturated rings. The molecule has 0 spiro atoms. The molecule has 0 aromatic carbocycles. The first-order valence-corrected chi connectivity index (χ1v) is 4.20. The lowest BCUT2D eigenvalue weighted by Crippen LogP contribution is -2.32. The maximum absolute atomic E-state index is 10.3. The van der Waals surface area contributed by atoms with Gasteiger partial charge in [-0.2, -0.15) is 5.10 Å². The summed E-state index contributed by atoms with van der Waals surface area (Å²) >= 11 is 0. The van der Waals surface area contributed by atoms with Crippen molar-refractivity contribution in [2.75, 3.05) is 0 Å². The van der Waals surface area contributed by atoms with Crippen LogP contribution in [0.1, 0.15) is 26.7 Å². The summed E-state index contributed by atoms with van der Waals surface area (Å²) in [5.74, 6) is 1.44. The third kappa shape index (κ3) is 2.22. The van der Waals surface area contributed by atoms with E-state index in [4.69, 9.17) is 5.73 Å². The molecule has 0 aromatic heterocycles. The van der Waals surface area contributed by atoms with E-state index in [0.29, 0.717) is 5.92 Å². The monoisotopic (exact) mass is 169 g/mol. The molecule has 4 heteroatoms. The number of urea groups is 1. The van der Waals surface area contributed by atoms with Crippen molar-refractivity contribution in [3.63, 3.8) is 0 Å². The van der Waals surface area contributed by atoms with Gasteiger partial charge in [0.2, 0.25) is 0 Å². The number of hydrazone groups is 1. The Balaban J connectivity index is 2.24. The Morgan fingerprint density at radius 1 is 1.67 bits per heavy atom. The normalized spacial score (nSPS) is 21.9. The average Bonchev–Trinajstić information content (AvgIpc) is 1.82. The van der Waals surface area contributed by atoms with Crippen LogP contribution >= 0.6 is 0 Å². The molecule has 12 heavy (non-hydrogen) atoms. The number of primary amides is 1. The third-order valence-electron chi connectivity index (χ3n) is 2.26. The first kappa shape index (κ1) is 9.03. The summed E-state index contributed by atoms with van der Waals surface area (Å²) in [4.78, 5) is 10.3. The van der Waals surface area contributed by atoms with Crippen molar-refractivity contribution < 1.29 is 4.79 Å². The van der Waals surface area contributed by atoms with Crippen molar-refractivity contribution in [2.24, 2.45) is 22.7 Å². The Morgan fingerprint density at radius 3 is 2.67 bits per heavy atom. The van der Waals surface area contributed by atoms with Gasteiger partial charge >= 0.3 is 6.03 Å². The van der Waals surface area contributed by atoms with E-state index in [2.05, 4.69) is 24.4 Å². The highest BCUT2D eigenvalue weighted by Gasteiger charge is 2.27. The van der Waals surface area contributed by atoms with Crippen LogP contribution in [0.4, 0.5) is 4.79 Å². The van der Waals surface area contributed by atoms with Crippen LogP contribution in [-0.4, -0.2) is 11.7 Å². The Bertz CT molecular complexity index is 202. The predicted octanol–water partition coefficient (Wildman–Crippen LogP) is 1.08. The molecule has 0 unspecified atom stereocenters. The first-order chi connectivity index (χ1) is 5.59. The molecular weight excluding hydrogens is 154 g/mol. The number of amides is 2. The Morgan fingerprint density at radius 2 is 2.25 bits per heavy atom. The molecule has 0 aliphatic heterocycles. The zero-order valence-electron chi connectivity index (χ0n) is 7.50. The van der Waals surface area contributed by atoms with Gasteiger partial charge in [0.1, 0.15) is 0 Å². The van der Waals surface area contributed by atoms with E-state index in [1.54, 1.807) is 0 Å². The fourth-order valence-electron chi connectivity index (χ4n) is 1.24. The van der Waals surface area contributed by atoms with E-state index in [-0.39, 0.29) is 0 Å². The predicted molar refractivity (Wildman–Crippen MR) is 47.7 cm³/mol. The van der Waals surface area contributed by atoms with Gasteiger partial charge in [0.15, 0.2) is 0 Å². The summed E-state index contributed by atoms with van der Waals surface area (Å²) < 4.78 is 0. The largest absolute Gasteiger partial charge is 0.350 e. The van der Waals surface area contributed by atoms with Crippen molar-refractivity contribution in [3.8, 4) is 0 Å².